The molecule has 0 unspecified atom stereocenters. The number of hydrogen-bond donors (Lipinski definition) is 1. The van der Waals surface area contributed by atoms with Crippen LogP contribution in [0.2, 0.25) is 0 Å². The van der Waals surface area contributed by atoms with Crippen molar-refractivity contribution in [3.8, 4) is 0 Å². The first kappa shape index (κ1) is 20.6. The van der Waals surface area contributed by atoms with Crippen LogP contribution >= 0.6 is 0 Å². The minimum absolute atomic E-state index is 0.185. The Kier molecular flexibility index (Phi) is 5.88. The highest BCUT2D eigenvalue weighted by Crippen LogP contribution is 2.23. The van der Waals surface area contributed by atoms with Crippen molar-refractivity contribution in [2.24, 2.45) is 0 Å². The number of sulfonamides is 1. The highest BCUT2D eigenvalue weighted by Gasteiger charge is 2.27. The number of carbonyl (C=O) groups is 1. The molecule has 1 N–H and O–H groups in total. The second-order valence-electron chi connectivity index (χ2n) is 7.76. The van der Waals surface area contributed by atoms with Crippen molar-refractivity contribution >= 4 is 26.7 Å². The fourth-order valence-corrected chi connectivity index (χ4v) is 5.52. The van der Waals surface area contributed by atoms with Gasteiger partial charge in [0, 0.05) is 25.2 Å². The van der Waals surface area contributed by atoms with Gasteiger partial charge in [-0.25, -0.2) is 8.42 Å². The second-order valence-corrected chi connectivity index (χ2v) is 9.70. The van der Waals surface area contributed by atoms with Gasteiger partial charge in [0.05, 0.1) is 4.90 Å². The maximum atomic E-state index is 13.0. The van der Waals surface area contributed by atoms with Crippen molar-refractivity contribution in [1.29, 1.82) is 0 Å². The lowest BCUT2D eigenvalue weighted by molar-refractivity contribution is 0.0950. The maximum Gasteiger partial charge on any atom is 0.251 e. The van der Waals surface area contributed by atoms with Crippen LogP contribution in [0.1, 0.15) is 40.7 Å². The van der Waals surface area contributed by atoms with Crippen molar-refractivity contribution in [3.05, 3.63) is 77.4 Å². The van der Waals surface area contributed by atoms with E-state index in [1.165, 1.54) is 10.4 Å². The number of rotatable bonds is 5. The number of piperidine rings is 1. The van der Waals surface area contributed by atoms with Gasteiger partial charge in [0.2, 0.25) is 10.0 Å². The molecule has 5 nitrogen and oxygen atoms in total. The van der Waals surface area contributed by atoms with Gasteiger partial charge < -0.3 is 5.32 Å². The minimum Gasteiger partial charge on any atom is -0.348 e. The Morgan fingerprint density at radius 3 is 2.50 bits per heavy atom. The average Bonchev–Trinajstić information content (AvgIpc) is 2.78. The largest absolute Gasteiger partial charge is 0.348 e. The molecule has 30 heavy (non-hydrogen) atoms. The topological polar surface area (TPSA) is 66.5 Å². The summed E-state index contributed by atoms with van der Waals surface area (Å²) in [6.07, 6.45) is 2.81. The van der Waals surface area contributed by atoms with Crippen LogP contribution in [-0.4, -0.2) is 31.7 Å². The van der Waals surface area contributed by atoms with E-state index >= 15 is 0 Å². The molecule has 0 aromatic heterocycles. The minimum atomic E-state index is -3.58. The molecule has 0 radical (unpaired) electrons. The van der Waals surface area contributed by atoms with Crippen LogP contribution in [0, 0.1) is 6.92 Å². The van der Waals surface area contributed by atoms with Gasteiger partial charge in [0.15, 0.2) is 0 Å². The summed E-state index contributed by atoms with van der Waals surface area (Å²) in [6, 6.07) is 18.9. The van der Waals surface area contributed by atoms with Crippen LogP contribution in [0.5, 0.6) is 0 Å². The Morgan fingerprint density at radius 2 is 1.70 bits per heavy atom. The lowest BCUT2D eigenvalue weighted by atomic mass is 10.0. The predicted molar refractivity (Wildman–Crippen MR) is 119 cm³/mol. The number of fused-ring (bicyclic) bond motifs is 1. The third-order valence-electron chi connectivity index (χ3n) is 5.73. The molecule has 1 aliphatic rings. The van der Waals surface area contributed by atoms with E-state index in [9.17, 15) is 13.2 Å². The van der Waals surface area contributed by atoms with E-state index in [1.54, 1.807) is 12.1 Å². The number of nitrogens with one attached hydrogen (secondary N) is 1. The van der Waals surface area contributed by atoms with Crippen LogP contribution in [-0.2, 0) is 16.6 Å². The smallest absolute Gasteiger partial charge is 0.251 e. The molecule has 0 spiro atoms. The Balaban J connectivity index is 1.56. The molecule has 3 aromatic carbocycles. The molecule has 1 aliphatic heterocycles. The molecule has 3 aromatic rings. The Morgan fingerprint density at radius 1 is 0.967 bits per heavy atom. The molecule has 4 rings (SSSR count). The van der Waals surface area contributed by atoms with E-state index in [4.69, 9.17) is 0 Å². The van der Waals surface area contributed by atoms with Crippen LogP contribution in [0.25, 0.3) is 10.8 Å². The summed E-state index contributed by atoms with van der Waals surface area (Å²) < 4.78 is 27.5. The molecule has 0 bridgehead atoms. The zero-order valence-electron chi connectivity index (χ0n) is 17.1. The van der Waals surface area contributed by atoms with Crippen LogP contribution in [0.15, 0.2) is 65.6 Å². The second kappa shape index (κ2) is 8.58. The maximum absolute atomic E-state index is 13.0. The number of nitrogens with zero attached hydrogens (tertiary/aromatic N) is 1. The SMILES string of the molecule is Cc1ccc(S(=O)(=O)N2CCCCC2)cc1C(=O)NCc1cccc2ccccc12. The van der Waals surface area contributed by atoms with E-state index in [2.05, 4.69) is 5.32 Å². The predicted octanol–water partition coefficient (Wildman–Crippen LogP) is 4.25. The first-order valence-electron chi connectivity index (χ1n) is 10.3. The molecule has 1 heterocycles. The molecule has 1 amide bonds. The summed E-state index contributed by atoms with van der Waals surface area (Å²) in [6.45, 7) is 3.28. The Hall–Kier alpha value is -2.70. The van der Waals surface area contributed by atoms with Crippen LogP contribution in [0.3, 0.4) is 0 Å². The highest BCUT2D eigenvalue weighted by molar-refractivity contribution is 7.89. The Bertz CT molecular complexity index is 1180. The fraction of sp³-hybridized carbons (Fsp3) is 0.292. The van der Waals surface area contributed by atoms with E-state index in [0.717, 1.165) is 41.2 Å². The van der Waals surface area contributed by atoms with E-state index in [0.29, 0.717) is 25.2 Å². The zero-order chi connectivity index (χ0) is 21.1. The summed E-state index contributed by atoms with van der Waals surface area (Å²) >= 11 is 0. The van der Waals surface area contributed by atoms with Gasteiger partial charge in [0.1, 0.15) is 0 Å². The van der Waals surface area contributed by atoms with Crippen LogP contribution < -0.4 is 5.32 Å². The molecule has 0 saturated carbocycles. The molecule has 1 fully saturated rings. The van der Waals surface area contributed by atoms with Gasteiger partial charge in [-0.2, -0.15) is 4.31 Å². The van der Waals surface area contributed by atoms with Gasteiger partial charge >= 0.3 is 0 Å². The monoisotopic (exact) mass is 422 g/mol. The van der Waals surface area contributed by atoms with E-state index in [-0.39, 0.29) is 10.8 Å². The summed E-state index contributed by atoms with van der Waals surface area (Å²) in [4.78, 5) is 13.1. The molecular weight excluding hydrogens is 396 g/mol. The van der Waals surface area contributed by atoms with Gasteiger partial charge in [0.25, 0.3) is 5.91 Å². The quantitative estimate of drug-likeness (QED) is 0.668. The van der Waals surface area contributed by atoms with Crippen molar-refractivity contribution in [2.75, 3.05) is 13.1 Å². The molecule has 0 atom stereocenters. The molecule has 156 valence electrons. The summed E-state index contributed by atoms with van der Waals surface area (Å²) in [5.41, 5.74) is 2.17. The number of benzene rings is 3. The van der Waals surface area contributed by atoms with Gasteiger partial charge in [-0.1, -0.05) is 55.0 Å². The van der Waals surface area contributed by atoms with Gasteiger partial charge in [-0.15, -0.1) is 0 Å². The number of aryl methyl sites for hydroxylation is 1. The summed E-state index contributed by atoms with van der Waals surface area (Å²) in [5.74, 6) is -0.267. The fourth-order valence-electron chi connectivity index (χ4n) is 3.98. The molecular formula is C24H26N2O3S. The summed E-state index contributed by atoms with van der Waals surface area (Å²) in [7, 11) is -3.58. The first-order chi connectivity index (χ1) is 14.5. The zero-order valence-corrected chi connectivity index (χ0v) is 17.9. The number of hydrogen-bond acceptors (Lipinski definition) is 3. The van der Waals surface area contributed by atoms with E-state index in [1.807, 2.05) is 49.4 Å². The lowest BCUT2D eigenvalue weighted by Gasteiger charge is -2.26. The Labute approximate surface area is 177 Å². The van der Waals surface area contributed by atoms with E-state index < -0.39 is 10.0 Å². The third kappa shape index (κ3) is 4.11. The van der Waals surface area contributed by atoms with Gasteiger partial charge in [-0.05, 0) is 53.8 Å². The molecule has 0 aliphatic carbocycles. The number of carbonyl (C=O) groups excluding carboxylic acids is 1. The molecule has 1 saturated heterocycles. The van der Waals surface area contributed by atoms with Crippen molar-refractivity contribution in [3.63, 3.8) is 0 Å². The third-order valence-corrected chi connectivity index (χ3v) is 7.62. The standard InChI is InChI=1S/C24H26N2O3S/c1-18-12-13-21(30(28,29)26-14-5-2-6-15-26)16-23(18)24(27)25-17-20-10-7-9-19-8-3-4-11-22(19)20/h3-4,7-13,16H,2,5-6,14-15,17H2,1H3,(H,25,27). The average molecular weight is 423 g/mol. The van der Waals surface area contributed by atoms with Gasteiger partial charge in [-0.3, -0.25) is 4.79 Å². The van der Waals surface area contributed by atoms with Crippen LogP contribution in [0.4, 0.5) is 0 Å². The summed E-state index contributed by atoms with van der Waals surface area (Å²) in [5, 5.41) is 5.18. The highest BCUT2D eigenvalue weighted by atomic mass is 32.2. The lowest BCUT2D eigenvalue weighted by Crippen LogP contribution is -2.35. The number of amides is 1. The molecule has 6 heteroatoms. The first-order valence-corrected chi connectivity index (χ1v) is 11.8. The normalized spacial score (nSPS) is 15.2. The van der Waals surface area contributed by atoms with Crippen molar-refractivity contribution < 1.29 is 13.2 Å². The van der Waals surface area contributed by atoms with Crippen molar-refractivity contribution in [2.45, 2.75) is 37.6 Å². The van der Waals surface area contributed by atoms with Crippen molar-refractivity contribution in [1.82, 2.24) is 9.62 Å².